The monoisotopic (exact) mass is 428 g/mol. The molecule has 1 unspecified atom stereocenters. The highest BCUT2D eigenvalue weighted by molar-refractivity contribution is 9.10. The van der Waals surface area contributed by atoms with Gasteiger partial charge in [0.05, 0.1) is 4.90 Å². The topological polar surface area (TPSA) is 51.2 Å². The molecule has 0 heterocycles. The maximum Gasteiger partial charge on any atom is 0.192 e. The van der Waals surface area contributed by atoms with Gasteiger partial charge in [-0.2, -0.15) is 0 Å². The second-order valence-electron chi connectivity index (χ2n) is 6.02. The number of ketones is 1. The Morgan fingerprint density at radius 2 is 1.42 bits per heavy atom. The summed E-state index contributed by atoms with van der Waals surface area (Å²) in [6.45, 7) is 1.89. The van der Waals surface area contributed by atoms with E-state index in [1.807, 2.05) is 6.92 Å². The number of hydrogen-bond donors (Lipinski definition) is 0. The van der Waals surface area contributed by atoms with Crippen LogP contribution in [0.2, 0.25) is 0 Å². The zero-order chi connectivity index (χ0) is 18.7. The van der Waals surface area contributed by atoms with Crippen LogP contribution in [0.1, 0.15) is 26.7 Å². The van der Waals surface area contributed by atoms with Gasteiger partial charge in [0.1, 0.15) is 0 Å². The van der Waals surface area contributed by atoms with Gasteiger partial charge in [-0.1, -0.05) is 76.1 Å². The fourth-order valence-electron chi connectivity index (χ4n) is 2.73. The van der Waals surface area contributed by atoms with Crippen LogP contribution >= 0.6 is 15.9 Å². The molecule has 0 fully saturated rings. The molecule has 0 N–H and O–H groups in total. The first-order valence-corrected chi connectivity index (χ1v) is 10.4. The number of benzene rings is 3. The summed E-state index contributed by atoms with van der Waals surface area (Å²) in [5, 5.41) is -1.28. The van der Waals surface area contributed by atoms with Crippen molar-refractivity contribution >= 4 is 31.6 Å². The molecule has 0 aliphatic heterocycles. The standard InChI is InChI=1S/C21H17BrO3S/c1-15-7-13-19(14-8-15)26(24,25)21(17-5-3-2-4-6-17)20(23)16-9-11-18(22)12-10-16/h2-14,21H,1H3. The minimum atomic E-state index is -3.89. The lowest BCUT2D eigenvalue weighted by atomic mass is 10.0. The maximum atomic E-state index is 13.3. The molecule has 0 aliphatic rings. The van der Waals surface area contributed by atoms with Gasteiger partial charge in [-0.3, -0.25) is 4.79 Å². The molecule has 0 amide bonds. The summed E-state index contributed by atoms with van der Waals surface area (Å²) in [6.07, 6.45) is 0. The van der Waals surface area contributed by atoms with Crippen LogP contribution in [0.4, 0.5) is 0 Å². The predicted octanol–water partition coefficient (Wildman–Crippen LogP) is 5.16. The third-order valence-electron chi connectivity index (χ3n) is 4.13. The van der Waals surface area contributed by atoms with Crippen molar-refractivity contribution in [1.82, 2.24) is 0 Å². The van der Waals surface area contributed by atoms with Gasteiger partial charge in [0, 0.05) is 10.0 Å². The lowest BCUT2D eigenvalue weighted by Crippen LogP contribution is -2.23. The lowest BCUT2D eigenvalue weighted by Gasteiger charge is -2.18. The maximum absolute atomic E-state index is 13.3. The van der Waals surface area contributed by atoms with E-state index in [4.69, 9.17) is 0 Å². The molecule has 0 saturated heterocycles. The average Bonchev–Trinajstić information content (AvgIpc) is 2.63. The largest absolute Gasteiger partial charge is 0.292 e. The van der Waals surface area contributed by atoms with E-state index in [0.717, 1.165) is 10.0 Å². The van der Waals surface area contributed by atoms with E-state index in [2.05, 4.69) is 15.9 Å². The zero-order valence-corrected chi connectivity index (χ0v) is 16.5. The van der Waals surface area contributed by atoms with Gasteiger partial charge in [0.15, 0.2) is 20.9 Å². The number of carbonyl (C=O) groups excluding carboxylic acids is 1. The zero-order valence-electron chi connectivity index (χ0n) is 14.1. The highest BCUT2D eigenvalue weighted by atomic mass is 79.9. The van der Waals surface area contributed by atoms with E-state index in [1.165, 1.54) is 0 Å². The number of Topliss-reactive ketones (excluding diaryl/α,β-unsaturated/α-hetero) is 1. The summed E-state index contributed by atoms with van der Waals surface area (Å²) >= 11 is 3.33. The highest BCUT2D eigenvalue weighted by Gasteiger charge is 2.35. The van der Waals surface area contributed by atoms with Crippen molar-refractivity contribution in [3.05, 3.63) is 100 Å². The van der Waals surface area contributed by atoms with Gasteiger partial charge in [-0.15, -0.1) is 0 Å². The number of sulfone groups is 1. The van der Waals surface area contributed by atoms with Gasteiger partial charge in [0.25, 0.3) is 0 Å². The third-order valence-corrected chi connectivity index (χ3v) is 6.69. The predicted molar refractivity (Wildman–Crippen MR) is 106 cm³/mol. The first-order valence-electron chi connectivity index (χ1n) is 8.05. The molecule has 1 atom stereocenters. The molecule has 132 valence electrons. The third kappa shape index (κ3) is 3.79. The van der Waals surface area contributed by atoms with Crippen molar-refractivity contribution in [3.63, 3.8) is 0 Å². The molecular weight excluding hydrogens is 412 g/mol. The van der Waals surface area contributed by atoms with Crippen LogP contribution < -0.4 is 0 Å². The van der Waals surface area contributed by atoms with Crippen LogP contribution in [0.5, 0.6) is 0 Å². The molecule has 0 radical (unpaired) electrons. The summed E-state index contributed by atoms with van der Waals surface area (Å²) in [7, 11) is -3.89. The summed E-state index contributed by atoms with van der Waals surface area (Å²) in [4.78, 5) is 13.3. The SMILES string of the molecule is Cc1ccc(S(=O)(=O)C(C(=O)c2ccc(Br)cc2)c2ccccc2)cc1. The molecule has 0 bridgehead atoms. The molecule has 0 saturated carbocycles. The summed E-state index contributed by atoms with van der Waals surface area (Å²) < 4.78 is 27.4. The van der Waals surface area contributed by atoms with Crippen LogP contribution in [0.3, 0.4) is 0 Å². The highest BCUT2D eigenvalue weighted by Crippen LogP contribution is 2.32. The molecule has 0 aromatic heterocycles. The van der Waals surface area contributed by atoms with E-state index in [1.54, 1.807) is 78.9 Å². The fraction of sp³-hybridized carbons (Fsp3) is 0.0952. The first kappa shape index (κ1) is 18.5. The number of carbonyl (C=O) groups is 1. The molecule has 3 aromatic rings. The van der Waals surface area contributed by atoms with Gasteiger partial charge in [-0.25, -0.2) is 8.42 Å². The lowest BCUT2D eigenvalue weighted by molar-refractivity contribution is 0.0986. The Morgan fingerprint density at radius 1 is 0.846 bits per heavy atom. The van der Waals surface area contributed by atoms with E-state index < -0.39 is 20.9 Å². The molecule has 3 rings (SSSR count). The Kier molecular flexibility index (Phi) is 5.39. The molecule has 0 aliphatic carbocycles. The molecule has 5 heteroatoms. The van der Waals surface area contributed by atoms with E-state index in [0.29, 0.717) is 11.1 Å². The summed E-state index contributed by atoms with van der Waals surface area (Å²) in [5.74, 6) is -0.440. The minimum absolute atomic E-state index is 0.141. The normalized spacial score (nSPS) is 12.5. The van der Waals surface area contributed by atoms with Crippen LogP contribution in [0.25, 0.3) is 0 Å². The second-order valence-corrected chi connectivity index (χ2v) is 8.97. The van der Waals surface area contributed by atoms with Crippen molar-refractivity contribution in [1.29, 1.82) is 0 Å². The Hall–Kier alpha value is -2.24. The van der Waals surface area contributed by atoms with Crippen molar-refractivity contribution in [2.45, 2.75) is 17.1 Å². The minimum Gasteiger partial charge on any atom is -0.292 e. The number of halogens is 1. The van der Waals surface area contributed by atoms with Crippen LogP contribution in [-0.4, -0.2) is 14.2 Å². The van der Waals surface area contributed by atoms with Crippen LogP contribution in [0.15, 0.2) is 88.2 Å². The van der Waals surface area contributed by atoms with Gasteiger partial charge in [0.2, 0.25) is 0 Å². The van der Waals surface area contributed by atoms with Crippen molar-refractivity contribution < 1.29 is 13.2 Å². The van der Waals surface area contributed by atoms with Crippen molar-refractivity contribution in [3.8, 4) is 0 Å². The summed E-state index contributed by atoms with van der Waals surface area (Å²) in [5.41, 5.74) is 1.78. The Morgan fingerprint density at radius 3 is 2.00 bits per heavy atom. The van der Waals surface area contributed by atoms with Crippen LogP contribution in [-0.2, 0) is 9.84 Å². The van der Waals surface area contributed by atoms with Gasteiger partial charge in [-0.05, 0) is 36.8 Å². The smallest absolute Gasteiger partial charge is 0.192 e. The molecule has 0 spiro atoms. The summed E-state index contributed by atoms with van der Waals surface area (Å²) in [6, 6.07) is 21.9. The fourth-order valence-corrected chi connectivity index (χ4v) is 4.71. The van der Waals surface area contributed by atoms with Gasteiger partial charge < -0.3 is 0 Å². The first-order chi connectivity index (χ1) is 12.4. The number of hydrogen-bond acceptors (Lipinski definition) is 3. The van der Waals surface area contributed by atoms with E-state index in [-0.39, 0.29) is 4.90 Å². The Balaban J connectivity index is 2.14. The molecule has 26 heavy (non-hydrogen) atoms. The van der Waals surface area contributed by atoms with Gasteiger partial charge >= 0.3 is 0 Å². The van der Waals surface area contributed by atoms with Crippen molar-refractivity contribution in [2.24, 2.45) is 0 Å². The quantitative estimate of drug-likeness (QED) is 0.527. The van der Waals surface area contributed by atoms with Crippen LogP contribution in [0, 0.1) is 6.92 Å². The molecular formula is C21H17BrO3S. The Labute approximate surface area is 161 Å². The molecule has 3 aromatic carbocycles. The van der Waals surface area contributed by atoms with E-state index >= 15 is 0 Å². The number of aryl methyl sites for hydroxylation is 1. The van der Waals surface area contributed by atoms with E-state index in [9.17, 15) is 13.2 Å². The second kappa shape index (κ2) is 7.56. The van der Waals surface area contributed by atoms with Crippen molar-refractivity contribution in [2.75, 3.05) is 0 Å². The number of rotatable bonds is 5. The average molecular weight is 429 g/mol. The Bertz CT molecular complexity index is 1010. The molecule has 3 nitrogen and oxygen atoms in total.